The number of halogens is 2. The van der Waals surface area contributed by atoms with E-state index >= 15 is 0 Å². The Hall–Kier alpha value is -2.74. The average Bonchev–Trinajstić information content (AvgIpc) is 3.04. The highest BCUT2D eigenvalue weighted by Gasteiger charge is 2.22. The second-order valence-electron chi connectivity index (χ2n) is 6.74. The van der Waals surface area contributed by atoms with Crippen molar-refractivity contribution >= 4 is 46.0 Å². The first-order chi connectivity index (χ1) is 14.3. The number of aliphatic hydroxyl groups is 1. The van der Waals surface area contributed by atoms with Crippen LogP contribution in [0.5, 0.6) is 5.75 Å². The van der Waals surface area contributed by atoms with Gasteiger partial charge in [-0.05, 0) is 35.4 Å². The maximum Gasteiger partial charge on any atom is 0.307 e. The van der Waals surface area contributed by atoms with Crippen LogP contribution in [0.15, 0.2) is 36.4 Å². The molecule has 1 atom stereocenters. The van der Waals surface area contributed by atoms with Crippen LogP contribution in [-0.4, -0.2) is 40.4 Å². The van der Waals surface area contributed by atoms with Gasteiger partial charge in [0.1, 0.15) is 11.4 Å². The van der Waals surface area contributed by atoms with Crippen LogP contribution < -0.4 is 10.1 Å². The number of rotatable bonds is 7. The van der Waals surface area contributed by atoms with Crippen molar-refractivity contribution in [3.8, 4) is 5.75 Å². The van der Waals surface area contributed by atoms with Gasteiger partial charge in [-0.3, -0.25) is 9.59 Å². The van der Waals surface area contributed by atoms with E-state index in [9.17, 15) is 14.7 Å². The molecule has 0 aliphatic carbocycles. The lowest BCUT2D eigenvalue weighted by Gasteiger charge is -2.19. The van der Waals surface area contributed by atoms with Crippen LogP contribution in [0, 0.1) is 0 Å². The molecule has 0 spiro atoms. The van der Waals surface area contributed by atoms with Gasteiger partial charge in [0.25, 0.3) is 5.91 Å². The number of aliphatic carboxylic acids is 1. The van der Waals surface area contributed by atoms with E-state index in [1.54, 1.807) is 41.9 Å². The van der Waals surface area contributed by atoms with Crippen LogP contribution in [0.25, 0.3) is 10.9 Å². The Morgan fingerprint density at radius 2 is 1.93 bits per heavy atom. The number of aliphatic hydroxyl groups excluding tert-OH is 1. The number of fused-ring (bicyclic) bond motifs is 1. The van der Waals surface area contributed by atoms with Crippen LogP contribution in [0.3, 0.4) is 0 Å². The summed E-state index contributed by atoms with van der Waals surface area (Å²) in [4.78, 5) is 23.8. The smallest absolute Gasteiger partial charge is 0.307 e. The van der Waals surface area contributed by atoms with Gasteiger partial charge in [-0.15, -0.1) is 0 Å². The second kappa shape index (κ2) is 8.95. The number of hydrogen-bond donors (Lipinski definition) is 3. The maximum absolute atomic E-state index is 12.9. The third-order valence-electron chi connectivity index (χ3n) is 4.86. The summed E-state index contributed by atoms with van der Waals surface area (Å²) in [5.41, 5.74) is 2.11. The number of nitrogens with one attached hydrogen (secondary N) is 1. The highest BCUT2D eigenvalue weighted by molar-refractivity contribution is 6.37. The summed E-state index contributed by atoms with van der Waals surface area (Å²) in [5.74, 6) is -0.895. The number of aryl methyl sites for hydroxylation is 1. The number of aromatic nitrogens is 1. The molecular weight excluding hydrogens is 431 g/mol. The van der Waals surface area contributed by atoms with E-state index in [0.29, 0.717) is 33.0 Å². The van der Waals surface area contributed by atoms with Gasteiger partial charge in [0, 0.05) is 17.5 Å². The zero-order valence-corrected chi connectivity index (χ0v) is 17.8. The molecule has 1 aromatic heterocycles. The fourth-order valence-electron chi connectivity index (χ4n) is 3.32. The Balaban J connectivity index is 1.90. The average molecular weight is 451 g/mol. The molecule has 0 aliphatic heterocycles. The number of carbonyl (C=O) groups excluding carboxylic acids is 1. The monoisotopic (exact) mass is 450 g/mol. The molecule has 0 fully saturated rings. The number of hydrogen-bond acceptors (Lipinski definition) is 4. The standard InChI is InChI=1S/C21H20Cl2N2O5/c1-25-16-5-6-18(30-2)20(23)13(16)9-17(25)21(29)24-15(10-26)12-4-3-11(7-14(12)22)8-19(27)28/h3-7,9,15,26H,8,10H2,1-2H3,(H,24,29)(H,27,28). The van der Waals surface area contributed by atoms with Crippen LogP contribution in [0.2, 0.25) is 10.0 Å². The summed E-state index contributed by atoms with van der Waals surface area (Å²) in [6, 6.07) is 9.13. The molecule has 30 heavy (non-hydrogen) atoms. The van der Waals surface area contributed by atoms with Gasteiger partial charge in [0.05, 0.1) is 36.7 Å². The van der Waals surface area contributed by atoms with Crippen molar-refractivity contribution in [1.29, 1.82) is 0 Å². The Bertz CT molecular complexity index is 1130. The first-order valence-electron chi connectivity index (χ1n) is 9.00. The van der Waals surface area contributed by atoms with E-state index in [0.717, 1.165) is 5.52 Å². The first-order valence-corrected chi connectivity index (χ1v) is 9.76. The zero-order chi connectivity index (χ0) is 22.0. The number of nitrogens with zero attached hydrogens (tertiary/aromatic N) is 1. The third-order valence-corrected chi connectivity index (χ3v) is 5.58. The largest absolute Gasteiger partial charge is 0.495 e. The SMILES string of the molecule is COc1ccc2c(cc(C(=O)NC(CO)c3ccc(CC(=O)O)cc3Cl)n2C)c1Cl. The molecule has 9 heteroatoms. The summed E-state index contributed by atoms with van der Waals surface area (Å²) in [6.07, 6.45) is -0.170. The predicted molar refractivity (Wildman–Crippen MR) is 115 cm³/mol. The number of ether oxygens (including phenoxy) is 1. The quantitative estimate of drug-likeness (QED) is 0.510. The highest BCUT2D eigenvalue weighted by atomic mass is 35.5. The molecular formula is C21H20Cl2N2O5. The molecule has 3 N–H and O–H groups in total. The minimum absolute atomic E-state index is 0.170. The van der Waals surface area contributed by atoms with Gasteiger partial charge in [-0.1, -0.05) is 35.3 Å². The molecule has 1 heterocycles. The van der Waals surface area contributed by atoms with E-state index in [1.807, 2.05) is 0 Å². The summed E-state index contributed by atoms with van der Waals surface area (Å²) in [5, 5.41) is 22.8. The molecule has 158 valence electrons. The fourth-order valence-corrected chi connectivity index (χ4v) is 3.95. The topological polar surface area (TPSA) is 101 Å². The molecule has 0 saturated carbocycles. The van der Waals surface area contributed by atoms with Crippen molar-refractivity contribution in [2.45, 2.75) is 12.5 Å². The van der Waals surface area contributed by atoms with E-state index < -0.39 is 17.9 Å². The molecule has 3 rings (SSSR count). The maximum atomic E-state index is 12.9. The second-order valence-corrected chi connectivity index (χ2v) is 7.52. The lowest BCUT2D eigenvalue weighted by molar-refractivity contribution is -0.136. The first kappa shape index (κ1) is 22.0. The van der Waals surface area contributed by atoms with Gasteiger partial charge in [0.2, 0.25) is 0 Å². The Kier molecular flexibility index (Phi) is 6.55. The number of benzene rings is 2. The number of methoxy groups -OCH3 is 1. The van der Waals surface area contributed by atoms with Gasteiger partial charge in [-0.25, -0.2) is 0 Å². The molecule has 2 aromatic carbocycles. The van der Waals surface area contributed by atoms with Crippen LogP contribution in [0.1, 0.15) is 27.7 Å². The third kappa shape index (κ3) is 4.23. The molecule has 3 aromatic rings. The number of carbonyl (C=O) groups is 2. The Morgan fingerprint density at radius 3 is 2.53 bits per heavy atom. The molecule has 0 aliphatic rings. The van der Waals surface area contributed by atoms with Crippen molar-refractivity contribution in [1.82, 2.24) is 9.88 Å². The Morgan fingerprint density at radius 1 is 1.20 bits per heavy atom. The zero-order valence-electron chi connectivity index (χ0n) is 16.3. The highest BCUT2D eigenvalue weighted by Crippen LogP contribution is 2.34. The summed E-state index contributed by atoms with van der Waals surface area (Å²) in [7, 11) is 3.25. The van der Waals surface area contributed by atoms with E-state index in [-0.39, 0.29) is 18.1 Å². The van der Waals surface area contributed by atoms with E-state index in [1.165, 1.54) is 13.2 Å². The Labute approximate surface area is 182 Å². The van der Waals surface area contributed by atoms with E-state index in [2.05, 4.69) is 5.32 Å². The number of carboxylic acid groups (broad SMARTS) is 1. The summed E-state index contributed by atoms with van der Waals surface area (Å²) in [6.45, 7) is -0.387. The molecule has 0 saturated heterocycles. The van der Waals surface area contributed by atoms with Crippen LogP contribution >= 0.6 is 23.2 Å². The van der Waals surface area contributed by atoms with Crippen LogP contribution in [0.4, 0.5) is 0 Å². The minimum atomic E-state index is -0.975. The number of carboxylic acids is 1. The predicted octanol–water partition coefficient (Wildman–Crippen LogP) is 3.58. The molecule has 0 radical (unpaired) electrons. The van der Waals surface area contributed by atoms with Gasteiger partial charge in [-0.2, -0.15) is 0 Å². The molecule has 1 amide bonds. The molecule has 7 nitrogen and oxygen atoms in total. The van der Waals surface area contributed by atoms with Crippen molar-refractivity contribution in [2.24, 2.45) is 7.05 Å². The van der Waals surface area contributed by atoms with Crippen molar-refractivity contribution in [2.75, 3.05) is 13.7 Å². The summed E-state index contributed by atoms with van der Waals surface area (Å²) >= 11 is 12.6. The summed E-state index contributed by atoms with van der Waals surface area (Å²) < 4.78 is 6.92. The lowest BCUT2D eigenvalue weighted by Crippen LogP contribution is -2.32. The number of amides is 1. The van der Waals surface area contributed by atoms with E-state index in [4.69, 9.17) is 33.0 Å². The van der Waals surface area contributed by atoms with Crippen molar-refractivity contribution in [3.05, 3.63) is 63.3 Å². The van der Waals surface area contributed by atoms with Crippen molar-refractivity contribution in [3.63, 3.8) is 0 Å². The van der Waals surface area contributed by atoms with Gasteiger partial charge < -0.3 is 24.8 Å². The normalized spacial score (nSPS) is 12.0. The van der Waals surface area contributed by atoms with Crippen molar-refractivity contribution < 1.29 is 24.5 Å². The molecule has 1 unspecified atom stereocenters. The van der Waals surface area contributed by atoms with Crippen LogP contribution in [-0.2, 0) is 18.3 Å². The lowest BCUT2D eigenvalue weighted by atomic mass is 10.0. The molecule has 0 bridgehead atoms. The van der Waals surface area contributed by atoms with Gasteiger partial charge >= 0.3 is 5.97 Å². The fraction of sp³-hybridized carbons (Fsp3) is 0.238. The van der Waals surface area contributed by atoms with Gasteiger partial charge in [0.15, 0.2) is 0 Å². The minimum Gasteiger partial charge on any atom is -0.495 e.